The summed E-state index contributed by atoms with van der Waals surface area (Å²) in [6, 6.07) is 10.2. The maximum atomic E-state index is 12.4. The zero-order valence-corrected chi connectivity index (χ0v) is 17.2. The van der Waals surface area contributed by atoms with Crippen LogP contribution in [-0.2, 0) is 23.6 Å². The van der Waals surface area contributed by atoms with Crippen LogP contribution in [0.25, 0.3) is 0 Å². The molecule has 7 nitrogen and oxygen atoms in total. The van der Waals surface area contributed by atoms with Gasteiger partial charge >= 0.3 is 0 Å². The van der Waals surface area contributed by atoms with Gasteiger partial charge in [-0.25, -0.2) is 13.1 Å². The second-order valence-corrected chi connectivity index (χ2v) is 9.44. The van der Waals surface area contributed by atoms with Crippen molar-refractivity contribution in [3.63, 3.8) is 0 Å². The fourth-order valence-corrected chi connectivity index (χ4v) is 4.77. The molecule has 27 heavy (non-hydrogen) atoms. The fraction of sp³-hybridized carbons (Fsp3) is 0.235. The molecule has 0 aliphatic carbocycles. The van der Waals surface area contributed by atoms with Gasteiger partial charge in [-0.2, -0.15) is 0 Å². The number of thioether (sulfide) groups is 1. The third-order valence-corrected chi connectivity index (χ3v) is 7.15. The smallest absolute Gasteiger partial charge is 0.240 e. The van der Waals surface area contributed by atoms with Gasteiger partial charge in [0, 0.05) is 7.05 Å². The molecule has 3 aromatic rings. The van der Waals surface area contributed by atoms with Crippen LogP contribution in [0.4, 0.5) is 0 Å². The van der Waals surface area contributed by atoms with Crippen LogP contribution in [-0.4, -0.2) is 34.7 Å². The van der Waals surface area contributed by atoms with E-state index in [0.717, 1.165) is 5.56 Å². The summed E-state index contributed by atoms with van der Waals surface area (Å²) < 4.78 is 28.9. The third-order valence-electron chi connectivity index (χ3n) is 3.81. The van der Waals surface area contributed by atoms with E-state index in [9.17, 15) is 13.2 Å². The Balaban J connectivity index is 1.61. The maximum Gasteiger partial charge on any atom is 0.240 e. The normalized spacial score (nSPS) is 11.6. The molecule has 1 N–H and O–H groups in total. The number of nitrogens with one attached hydrogen (secondary N) is 1. The molecule has 0 atom stereocenters. The van der Waals surface area contributed by atoms with E-state index >= 15 is 0 Å². The van der Waals surface area contributed by atoms with Gasteiger partial charge in [0.05, 0.1) is 22.1 Å². The number of nitrogens with zero attached hydrogens (tertiary/aromatic N) is 3. The van der Waals surface area contributed by atoms with Gasteiger partial charge in [-0.15, -0.1) is 21.5 Å². The molecule has 0 bridgehead atoms. The third kappa shape index (κ3) is 4.83. The van der Waals surface area contributed by atoms with Gasteiger partial charge in [0.25, 0.3) is 0 Å². The molecule has 0 unspecified atom stereocenters. The number of rotatable bonds is 8. The summed E-state index contributed by atoms with van der Waals surface area (Å²) in [4.78, 5) is 13.0. The van der Waals surface area contributed by atoms with Crippen molar-refractivity contribution in [3.8, 4) is 0 Å². The van der Waals surface area contributed by atoms with Crippen LogP contribution in [0.3, 0.4) is 0 Å². The number of carbonyl (C=O) groups excluding carboxylic acids is 1. The van der Waals surface area contributed by atoms with Crippen LogP contribution in [0.15, 0.2) is 51.8 Å². The summed E-state index contributed by atoms with van der Waals surface area (Å²) in [5.41, 5.74) is 0.987. The van der Waals surface area contributed by atoms with Gasteiger partial charge in [-0.3, -0.25) is 4.79 Å². The Morgan fingerprint density at radius 2 is 1.96 bits per heavy atom. The Labute approximate surface area is 165 Å². The van der Waals surface area contributed by atoms with E-state index in [2.05, 4.69) is 14.9 Å². The van der Waals surface area contributed by atoms with Crippen molar-refractivity contribution in [2.24, 2.45) is 7.05 Å². The van der Waals surface area contributed by atoms with Gasteiger partial charge in [0.1, 0.15) is 5.82 Å². The van der Waals surface area contributed by atoms with Crippen LogP contribution in [0.1, 0.15) is 21.1 Å². The number of ketones is 1. The lowest BCUT2D eigenvalue weighted by atomic mass is 10.2. The van der Waals surface area contributed by atoms with Crippen LogP contribution < -0.4 is 4.72 Å². The first-order valence-electron chi connectivity index (χ1n) is 8.01. The highest BCUT2D eigenvalue weighted by Crippen LogP contribution is 2.19. The van der Waals surface area contributed by atoms with E-state index in [1.807, 2.05) is 18.4 Å². The molecule has 2 heterocycles. The molecule has 1 aromatic carbocycles. The zero-order chi connectivity index (χ0) is 19.4. The van der Waals surface area contributed by atoms with Crippen LogP contribution in [0.5, 0.6) is 0 Å². The molecule has 0 amide bonds. The molecule has 0 spiro atoms. The van der Waals surface area contributed by atoms with Crippen molar-refractivity contribution in [1.82, 2.24) is 19.5 Å². The van der Waals surface area contributed by atoms with Crippen molar-refractivity contribution in [2.45, 2.75) is 23.5 Å². The van der Waals surface area contributed by atoms with Gasteiger partial charge in [-0.1, -0.05) is 35.5 Å². The van der Waals surface area contributed by atoms with Gasteiger partial charge in [-0.05, 0) is 30.5 Å². The van der Waals surface area contributed by atoms with E-state index in [0.29, 0.717) is 15.9 Å². The molecule has 2 aromatic heterocycles. The SMILES string of the molecule is Cc1ccc(S(=O)(=O)NCc2nnc(SCC(=O)c3cccs3)n2C)cc1. The van der Waals surface area contributed by atoms with E-state index in [4.69, 9.17) is 0 Å². The van der Waals surface area contributed by atoms with Crippen LogP contribution in [0, 0.1) is 6.92 Å². The first-order chi connectivity index (χ1) is 12.9. The van der Waals surface area contributed by atoms with E-state index in [1.54, 1.807) is 41.9 Å². The van der Waals surface area contributed by atoms with E-state index in [-0.39, 0.29) is 23.0 Å². The Morgan fingerprint density at radius 3 is 2.63 bits per heavy atom. The number of hydrogen-bond donors (Lipinski definition) is 1. The van der Waals surface area contributed by atoms with E-state index < -0.39 is 10.0 Å². The van der Waals surface area contributed by atoms with Gasteiger partial charge < -0.3 is 4.57 Å². The minimum atomic E-state index is -3.63. The molecule has 142 valence electrons. The van der Waals surface area contributed by atoms with Crippen molar-refractivity contribution in [1.29, 1.82) is 0 Å². The van der Waals surface area contributed by atoms with Crippen molar-refractivity contribution < 1.29 is 13.2 Å². The summed E-state index contributed by atoms with van der Waals surface area (Å²) in [6.45, 7) is 1.91. The lowest BCUT2D eigenvalue weighted by Gasteiger charge is -2.07. The van der Waals surface area contributed by atoms with Crippen molar-refractivity contribution >= 4 is 38.9 Å². The number of aromatic nitrogens is 3. The number of thiophene rings is 1. The fourth-order valence-electron chi connectivity index (χ4n) is 2.22. The zero-order valence-electron chi connectivity index (χ0n) is 14.7. The summed E-state index contributed by atoms with van der Waals surface area (Å²) in [7, 11) is -1.89. The molecular weight excluding hydrogens is 404 g/mol. The quantitative estimate of drug-likeness (QED) is 0.443. The number of aryl methyl sites for hydroxylation is 1. The highest BCUT2D eigenvalue weighted by molar-refractivity contribution is 7.99. The molecule has 0 fully saturated rings. The second kappa shape index (κ2) is 8.34. The van der Waals surface area contributed by atoms with Crippen LogP contribution >= 0.6 is 23.1 Å². The Bertz CT molecular complexity index is 1030. The Hall–Kier alpha value is -2.01. The average molecular weight is 423 g/mol. The lowest BCUT2D eigenvalue weighted by Crippen LogP contribution is -2.24. The average Bonchev–Trinajstić information content (AvgIpc) is 3.29. The number of carbonyl (C=O) groups is 1. The minimum absolute atomic E-state index is 0.0130. The largest absolute Gasteiger partial charge is 0.308 e. The molecule has 3 rings (SSSR count). The number of benzene rings is 1. The lowest BCUT2D eigenvalue weighted by molar-refractivity contribution is 0.102. The second-order valence-electron chi connectivity index (χ2n) is 5.78. The molecule has 0 radical (unpaired) electrons. The molecular formula is C17H18N4O3S3. The van der Waals surface area contributed by atoms with Gasteiger partial charge in [0.2, 0.25) is 10.0 Å². The predicted molar refractivity (Wildman–Crippen MR) is 106 cm³/mol. The summed E-state index contributed by atoms with van der Waals surface area (Å²) >= 11 is 2.68. The van der Waals surface area contributed by atoms with Crippen LogP contribution in [0.2, 0.25) is 0 Å². The van der Waals surface area contributed by atoms with Gasteiger partial charge in [0.15, 0.2) is 10.9 Å². The first kappa shape index (κ1) is 19.7. The standard InChI is InChI=1S/C17H18N4O3S3/c1-12-5-7-13(8-6-12)27(23,24)18-10-16-19-20-17(21(16)2)26-11-14(22)15-4-3-9-25-15/h3-9,18H,10-11H2,1-2H3. The number of sulfonamides is 1. The molecule has 10 heteroatoms. The highest BCUT2D eigenvalue weighted by Gasteiger charge is 2.17. The first-order valence-corrected chi connectivity index (χ1v) is 11.4. The Kier molecular flexibility index (Phi) is 6.10. The predicted octanol–water partition coefficient (Wildman–Crippen LogP) is 2.64. The summed E-state index contributed by atoms with van der Waals surface area (Å²) in [6.07, 6.45) is 0. The highest BCUT2D eigenvalue weighted by atomic mass is 32.2. The summed E-state index contributed by atoms with van der Waals surface area (Å²) in [5.74, 6) is 0.748. The number of Topliss-reactive ketones (excluding diaryl/α,β-unsaturated/α-hetero) is 1. The van der Waals surface area contributed by atoms with Crippen molar-refractivity contribution in [3.05, 3.63) is 58.0 Å². The Morgan fingerprint density at radius 1 is 1.22 bits per heavy atom. The molecule has 0 aliphatic heterocycles. The minimum Gasteiger partial charge on any atom is -0.308 e. The topological polar surface area (TPSA) is 94.0 Å². The maximum absolute atomic E-state index is 12.4. The molecule has 0 aliphatic rings. The molecule has 0 saturated heterocycles. The molecule has 0 saturated carbocycles. The summed E-state index contributed by atoms with van der Waals surface area (Å²) in [5, 5.41) is 10.5. The van der Waals surface area contributed by atoms with E-state index in [1.165, 1.54) is 23.1 Å². The monoisotopic (exact) mass is 422 g/mol. The van der Waals surface area contributed by atoms with Crippen molar-refractivity contribution in [2.75, 3.05) is 5.75 Å². The number of hydrogen-bond acceptors (Lipinski definition) is 7.